The van der Waals surface area contributed by atoms with E-state index in [0.29, 0.717) is 32.2 Å². The zero-order chi connectivity index (χ0) is 22.6. The lowest BCUT2D eigenvalue weighted by Gasteiger charge is -2.24. The van der Waals surface area contributed by atoms with Crippen LogP contribution in [-0.4, -0.2) is 15.0 Å². The van der Waals surface area contributed by atoms with Crippen molar-refractivity contribution in [2.45, 2.75) is 26.2 Å². The van der Waals surface area contributed by atoms with Crippen LogP contribution in [0.2, 0.25) is 15.1 Å². The molecule has 0 unspecified atom stereocenters. The molecule has 1 N–H and O–H groups in total. The molecule has 0 fully saturated rings. The Labute approximate surface area is 195 Å². The Hall–Kier alpha value is -2.60. The largest absolute Gasteiger partial charge is 0.450 e. The molecule has 0 radical (unpaired) electrons. The number of hydrogen-bond donors (Lipinski definition) is 1. The Morgan fingerprint density at radius 2 is 1.74 bits per heavy atom. The van der Waals surface area contributed by atoms with Gasteiger partial charge in [0, 0.05) is 17.7 Å². The predicted molar refractivity (Wildman–Crippen MR) is 127 cm³/mol. The molecule has 1 aromatic carbocycles. The van der Waals surface area contributed by atoms with E-state index in [0.717, 1.165) is 0 Å². The van der Waals surface area contributed by atoms with E-state index >= 15 is 0 Å². The van der Waals surface area contributed by atoms with Gasteiger partial charge in [-0.15, -0.1) is 0 Å². The molecule has 0 aliphatic heterocycles. The van der Waals surface area contributed by atoms with E-state index in [1.807, 2.05) is 45.1 Å². The first-order valence-corrected chi connectivity index (χ1v) is 10.6. The number of nitrogens with zero attached hydrogens (tertiary/aromatic N) is 2. The molecule has 0 aliphatic carbocycles. The molecule has 3 rings (SSSR count). The molecule has 0 aliphatic rings. The molecule has 2 heterocycles. The van der Waals surface area contributed by atoms with Crippen LogP contribution in [0.4, 0.5) is 0 Å². The van der Waals surface area contributed by atoms with Gasteiger partial charge >= 0.3 is 0 Å². The van der Waals surface area contributed by atoms with Gasteiger partial charge in [0.25, 0.3) is 5.56 Å². The Kier molecular flexibility index (Phi) is 7.21. The summed E-state index contributed by atoms with van der Waals surface area (Å²) >= 11 is 18.4. The van der Waals surface area contributed by atoms with Crippen molar-refractivity contribution in [2.75, 3.05) is 0 Å². The van der Waals surface area contributed by atoms with Gasteiger partial charge < -0.3 is 9.72 Å². The Morgan fingerprint density at radius 3 is 2.35 bits per heavy atom. The summed E-state index contributed by atoms with van der Waals surface area (Å²) in [7, 11) is 0. The van der Waals surface area contributed by atoms with Gasteiger partial charge in [-0.25, -0.2) is 4.98 Å². The summed E-state index contributed by atoms with van der Waals surface area (Å²) in [6.45, 7) is 5.72. The molecular formula is C23H20Cl3N3O2. The predicted octanol–water partition coefficient (Wildman–Crippen LogP) is 6.99. The maximum absolute atomic E-state index is 13.2. The van der Waals surface area contributed by atoms with Crippen molar-refractivity contribution in [3.05, 3.63) is 91.9 Å². The number of pyridine rings is 1. The SMILES string of the molecule is CC=CC(C)(C=CC)c1nc(-c2ncccc2Cl)[nH]c(=O)c1Oc1ccc(Cl)c(Cl)c1. The molecule has 0 saturated carbocycles. The highest BCUT2D eigenvalue weighted by Gasteiger charge is 2.30. The van der Waals surface area contributed by atoms with Crippen molar-refractivity contribution >= 4 is 34.8 Å². The lowest BCUT2D eigenvalue weighted by atomic mass is 9.85. The van der Waals surface area contributed by atoms with Crippen molar-refractivity contribution in [2.24, 2.45) is 0 Å². The van der Waals surface area contributed by atoms with Gasteiger partial charge in [0.2, 0.25) is 5.75 Å². The number of halogens is 3. The quantitative estimate of drug-likeness (QED) is 0.389. The average molecular weight is 477 g/mol. The molecule has 3 aromatic rings. The second-order valence-electron chi connectivity index (χ2n) is 6.89. The van der Waals surface area contributed by atoms with Gasteiger partial charge in [0.15, 0.2) is 5.82 Å². The summed E-state index contributed by atoms with van der Waals surface area (Å²) in [5, 5.41) is 1.06. The first-order chi connectivity index (χ1) is 14.8. The van der Waals surface area contributed by atoms with Crippen molar-refractivity contribution in [1.82, 2.24) is 15.0 Å². The van der Waals surface area contributed by atoms with E-state index in [4.69, 9.17) is 44.5 Å². The molecule has 0 amide bonds. The minimum atomic E-state index is -0.737. The highest BCUT2D eigenvalue weighted by molar-refractivity contribution is 6.42. The zero-order valence-corrected chi connectivity index (χ0v) is 19.4. The number of nitrogens with one attached hydrogen (secondary N) is 1. The number of benzene rings is 1. The van der Waals surface area contributed by atoms with Crippen LogP contribution >= 0.6 is 34.8 Å². The van der Waals surface area contributed by atoms with Crippen molar-refractivity contribution in [3.63, 3.8) is 0 Å². The van der Waals surface area contributed by atoms with Gasteiger partial charge in [-0.1, -0.05) is 59.1 Å². The highest BCUT2D eigenvalue weighted by atomic mass is 35.5. The van der Waals surface area contributed by atoms with Gasteiger partial charge in [0.1, 0.15) is 17.1 Å². The maximum Gasteiger partial charge on any atom is 0.294 e. The number of aromatic nitrogens is 3. The van der Waals surface area contributed by atoms with E-state index in [1.165, 1.54) is 0 Å². The standard InChI is InChI=1S/C23H20Cl3N3O2/c1-4-10-23(3,11-5-2)20-19(31-14-8-9-15(24)17(26)13-14)22(30)29-21(28-20)18-16(25)7-6-12-27-18/h4-13H,1-3H3,(H,28,29,30). The van der Waals surface area contributed by atoms with Crippen LogP contribution in [0, 0.1) is 0 Å². The van der Waals surface area contributed by atoms with Crippen LogP contribution in [0.5, 0.6) is 11.5 Å². The zero-order valence-electron chi connectivity index (χ0n) is 17.1. The molecule has 0 saturated heterocycles. The summed E-state index contributed by atoms with van der Waals surface area (Å²) in [6, 6.07) is 8.15. The topological polar surface area (TPSA) is 67.9 Å². The molecule has 0 bridgehead atoms. The minimum absolute atomic E-state index is 0.0351. The molecule has 0 atom stereocenters. The maximum atomic E-state index is 13.2. The molecule has 160 valence electrons. The third kappa shape index (κ3) is 5.01. The first kappa shape index (κ1) is 23.1. The van der Waals surface area contributed by atoms with Crippen LogP contribution in [0.1, 0.15) is 26.5 Å². The number of ether oxygens (including phenoxy) is 1. The summed E-state index contributed by atoms with van der Waals surface area (Å²) in [6.07, 6.45) is 9.22. The van der Waals surface area contributed by atoms with Crippen LogP contribution in [0.15, 0.2) is 65.6 Å². The van der Waals surface area contributed by atoms with E-state index in [2.05, 4.69) is 9.97 Å². The molecule has 5 nitrogen and oxygen atoms in total. The summed E-state index contributed by atoms with van der Waals surface area (Å²) in [4.78, 5) is 24.9. The monoisotopic (exact) mass is 475 g/mol. The number of H-pyrrole nitrogens is 1. The van der Waals surface area contributed by atoms with E-state index in [1.54, 1.807) is 36.5 Å². The summed E-state index contributed by atoms with van der Waals surface area (Å²) < 4.78 is 5.97. The molecule has 31 heavy (non-hydrogen) atoms. The molecular weight excluding hydrogens is 457 g/mol. The number of hydrogen-bond acceptors (Lipinski definition) is 4. The van der Waals surface area contributed by atoms with Crippen LogP contribution in [0.3, 0.4) is 0 Å². The van der Waals surface area contributed by atoms with Crippen LogP contribution < -0.4 is 10.3 Å². The van der Waals surface area contributed by atoms with E-state index in [-0.39, 0.29) is 11.6 Å². The minimum Gasteiger partial charge on any atom is -0.450 e. The smallest absolute Gasteiger partial charge is 0.294 e. The van der Waals surface area contributed by atoms with E-state index < -0.39 is 11.0 Å². The van der Waals surface area contributed by atoms with Crippen LogP contribution in [0.25, 0.3) is 11.5 Å². The Morgan fingerprint density at radius 1 is 1.03 bits per heavy atom. The summed E-state index contributed by atoms with van der Waals surface area (Å²) in [5.41, 5.74) is -0.450. The molecule has 2 aromatic heterocycles. The summed E-state index contributed by atoms with van der Waals surface area (Å²) in [5.74, 6) is 0.634. The Bertz CT molecular complexity index is 1210. The van der Waals surface area contributed by atoms with Crippen molar-refractivity contribution in [1.29, 1.82) is 0 Å². The number of aromatic amines is 1. The highest BCUT2D eigenvalue weighted by Crippen LogP contribution is 2.36. The van der Waals surface area contributed by atoms with Crippen molar-refractivity contribution in [3.8, 4) is 23.0 Å². The third-order valence-corrected chi connectivity index (χ3v) is 5.55. The fourth-order valence-corrected chi connectivity index (χ4v) is 3.66. The lowest BCUT2D eigenvalue weighted by molar-refractivity contribution is 0.454. The van der Waals surface area contributed by atoms with Crippen molar-refractivity contribution < 1.29 is 4.74 Å². The average Bonchev–Trinajstić information content (AvgIpc) is 2.72. The van der Waals surface area contributed by atoms with Crippen LogP contribution in [-0.2, 0) is 5.41 Å². The first-order valence-electron chi connectivity index (χ1n) is 9.45. The fourth-order valence-electron chi connectivity index (χ4n) is 3.16. The molecule has 0 spiro atoms. The fraction of sp³-hybridized carbons (Fsp3) is 0.174. The van der Waals surface area contributed by atoms with Gasteiger partial charge in [-0.2, -0.15) is 0 Å². The molecule has 8 heteroatoms. The Balaban J connectivity index is 2.27. The number of rotatable bonds is 6. The number of allylic oxidation sites excluding steroid dienone is 4. The van der Waals surface area contributed by atoms with E-state index in [9.17, 15) is 4.79 Å². The van der Waals surface area contributed by atoms with Gasteiger partial charge in [-0.3, -0.25) is 9.78 Å². The second-order valence-corrected chi connectivity index (χ2v) is 8.11. The second kappa shape index (κ2) is 9.69. The van der Waals surface area contributed by atoms with Gasteiger partial charge in [-0.05, 0) is 45.0 Å². The normalized spacial score (nSPS) is 13.6. The third-order valence-electron chi connectivity index (χ3n) is 4.51. The van der Waals surface area contributed by atoms with Gasteiger partial charge in [0.05, 0.1) is 15.1 Å². The lowest BCUT2D eigenvalue weighted by Crippen LogP contribution is -2.25.